The minimum absolute atomic E-state index is 0.145. The topological polar surface area (TPSA) is 50.6 Å². The normalized spacial score (nSPS) is 18.0. The molecule has 3 heterocycles. The van der Waals surface area contributed by atoms with Crippen LogP contribution in [0.15, 0.2) is 24.3 Å². The molecule has 6 nitrogen and oxygen atoms in total. The molecule has 4 rings (SSSR count). The number of amides is 1. The van der Waals surface area contributed by atoms with Gasteiger partial charge in [0.25, 0.3) is 5.91 Å². The van der Waals surface area contributed by atoms with Gasteiger partial charge in [0.05, 0.1) is 18.9 Å². The van der Waals surface area contributed by atoms with Gasteiger partial charge >= 0.3 is 0 Å². The molecule has 1 aromatic carbocycles. The Balaban J connectivity index is 1.42. The number of carbonyl (C=O) groups excluding carboxylic acids is 1. The monoisotopic (exact) mass is 382 g/mol. The molecule has 6 heteroatoms. The Morgan fingerprint density at radius 3 is 2.93 bits per heavy atom. The van der Waals surface area contributed by atoms with E-state index in [9.17, 15) is 4.79 Å². The first-order valence-corrected chi connectivity index (χ1v) is 10.4. The first-order chi connectivity index (χ1) is 13.7. The van der Waals surface area contributed by atoms with E-state index < -0.39 is 0 Å². The number of rotatable bonds is 4. The first kappa shape index (κ1) is 19.2. The summed E-state index contributed by atoms with van der Waals surface area (Å²) in [6.45, 7) is 10.8. The fraction of sp³-hybridized carbons (Fsp3) is 0.545. The van der Waals surface area contributed by atoms with E-state index in [0.29, 0.717) is 6.61 Å². The molecule has 2 aromatic rings. The number of carbonyl (C=O) groups is 1. The van der Waals surface area contributed by atoms with Gasteiger partial charge in [-0.2, -0.15) is 5.10 Å². The van der Waals surface area contributed by atoms with Crippen LogP contribution in [0.2, 0.25) is 0 Å². The van der Waals surface area contributed by atoms with Gasteiger partial charge in [-0.05, 0) is 32.4 Å². The van der Waals surface area contributed by atoms with Crippen molar-refractivity contribution in [3.8, 4) is 0 Å². The Hall–Kier alpha value is -2.18. The van der Waals surface area contributed by atoms with E-state index in [0.717, 1.165) is 75.5 Å². The highest BCUT2D eigenvalue weighted by Crippen LogP contribution is 2.23. The molecule has 0 radical (unpaired) electrons. The summed E-state index contributed by atoms with van der Waals surface area (Å²) in [6, 6.07) is 7.89. The van der Waals surface area contributed by atoms with Crippen LogP contribution in [0, 0.1) is 6.92 Å². The van der Waals surface area contributed by atoms with Gasteiger partial charge in [-0.1, -0.05) is 17.7 Å². The van der Waals surface area contributed by atoms with Crippen molar-refractivity contribution in [3.63, 3.8) is 0 Å². The summed E-state index contributed by atoms with van der Waals surface area (Å²) >= 11 is 0. The maximum Gasteiger partial charge on any atom is 0.253 e. The van der Waals surface area contributed by atoms with Crippen LogP contribution >= 0.6 is 0 Å². The first-order valence-electron chi connectivity index (χ1n) is 10.4. The predicted octanol–water partition coefficient (Wildman–Crippen LogP) is 2.63. The van der Waals surface area contributed by atoms with E-state index >= 15 is 0 Å². The van der Waals surface area contributed by atoms with E-state index in [4.69, 9.17) is 9.84 Å². The molecular formula is C22H30N4O2. The molecule has 28 heavy (non-hydrogen) atoms. The average molecular weight is 383 g/mol. The number of aromatic nitrogens is 2. The lowest BCUT2D eigenvalue weighted by Crippen LogP contribution is -2.35. The number of benzene rings is 1. The summed E-state index contributed by atoms with van der Waals surface area (Å²) < 4.78 is 7.83. The maximum absolute atomic E-state index is 12.9. The van der Waals surface area contributed by atoms with Gasteiger partial charge in [0.15, 0.2) is 0 Å². The van der Waals surface area contributed by atoms with Crippen molar-refractivity contribution >= 4 is 5.91 Å². The van der Waals surface area contributed by atoms with E-state index in [1.165, 1.54) is 11.3 Å². The Kier molecular flexibility index (Phi) is 5.78. The van der Waals surface area contributed by atoms with Gasteiger partial charge in [-0.15, -0.1) is 0 Å². The fourth-order valence-electron chi connectivity index (χ4n) is 4.27. The Bertz CT molecular complexity index is 845. The summed E-state index contributed by atoms with van der Waals surface area (Å²) in [5.74, 6) is 0.145. The molecule has 2 aliphatic rings. The Morgan fingerprint density at radius 2 is 2.11 bits per heavy atom. The molecule has 0 bridgehead atoms. The maximum atomic E-state index is 12.9. The molecule has 2 aliphatic heterocycles. The van der Waals surface area contributed by atoms with Crippen LogP contribution in [0.1, 0.15) is 46.2 Å². The molecular weight excluding hydrogens is 352 g/mol. The van der Waals surface area contributed by atoms with Gasteiger partial charge in [0.1, 0.15) is 0 Å². The standard InChI is InChI=1S/C22H30N4O2/c1-3-26-21-8-13-28-16-19(21)20(23-26)15-24-9-5-10-25(12-11-24)22(27)18-7-4-6-17(2)14-18/h4,6-7,14H,3,5,8-13,15-16H2,1-2H3. The van der Waals surface area contributed by atoms with Crippen molar-refractivity contribution in [2.75, 3.05) is 32.8 Å². The lowest BCUT2D eigenvalue weighted by molar-refractivity contribution is 0.0761. The zero-order valence-electron chi connectivity index (χ0n) is 17.0. The van der Waals surface area contributed by atoms with Crippen LogP contribution in [0.4, 0.5) is 0 Å². The summed E-state index contributed by atoms with van der Waals surface area (Å²) in [6.07, 6.45) is 1.94. The average Bonchev–Trinajstić information content (AvgIpc) is 2.90. The Labute approximate surface area is 167 Å². The third-order valence-electron chi connectivity index (χ3n) is 5.79. The lowest BCUT2D eigenvalue weighted by Gasteiger charge is -2.22. The predicted molar refractivity (Wildman–Crippen MR) is 108 cm³/mol. The number of ether oxygens (including phenoxy) is 1. The Morgan fingerprint density at radius 1 is 1.21 bits per heavy atom. The summed E-state index contributed by atoms with van der Waals surface area (Å²) in [5.41, 5.74) is 5.69. The van der Waals surface area contributed by atoms with Crippen molar-refractivity contribution in [1.29, 1.82) is 0 Å². The molecule has 0 spiro atoms. The molecule has 0 saturated carbocycles. The number of hydrogen-bond acceptors (Lipinski definition) is 4. The second kappa shape index (κ2) is 8.45. The second-order valence-corrected chi connectivity index (χ2v) is 7.78. The molecule has 1 amide bonds. The molecule has 1 fully saturated rings. The van der Waals surface area contributed by atoms with Crippen LogP contribution in [-0.2, 0) is 30.9 Å². The highest BCUT2D eigenvalue weighted by molar-refractivity contribution is 5.94. The van der Waals surface area contributed by atoms with E-state index in [1.807, 2.05) is 36.1 Å². The third-order valence-corrected chi connectivity index (χ3v) is 5.79. The zero-order chi connectivity index (χ0) is 19.5. The van der Waals surface area contributed by atoms with Crippen LogP contribution < -0.4 is 0 Å². The van der Waals surface area contributed by atoms with Crippen LogP contribution in [0.25, 0.3) is 0 Å². The number of nitrogens with zero attached hydrogens (tertiary/aromatic N) is 4. The van der Waals surface area contributed by atoms with Crippen LogP contribution in [0.3, 0.4) is 0 Å². The van der Waals surface area contributed by atoms with Crippen molar-refractivity contribution in [3.05, 3.63) is 52.3 Å². The molecule has 0 N–H and O–H groups in total. The molecule has 0 unspecified atom stereocenters. The van der Waals surface area contributed by atoms with Gasteiger partial charge < -0.3 is 9.64 Å². The van der Waals surface area contributed by atoms with Crippen molar-refractivity contribution < 1.29 is 9.53 Å². The lowest BCUT2D eigenvalue weighted by atomic mass is 10.1. The fourth-order valence-corrected chi connectivity index (χ4v) is 4.27. The van der Waals surface area contributed by atoms with E-state index in [2.05, 4.69) is 16.5 Å². The summed E-state index contributed by atoms with van der Waals surface area (Å²) in [5, 5.41) is 4.86. The number of hydrogen-bond donors (Lipinski definition) is 0. The molecule has 1 aromatic heterocycles. The van der Waals surface area contributed by atoms with Gasteiger partial charge in [0, 0.05) is 62.5 Å². The highest BCUT2D eigenvalue weighted by atomic mass is 16.5. The quantitative estimate of drug-likeness (QED) is 0.816. The van der Waals surface area contributed by atoms with Crippen LogP contribution in [-0.4, -0.2) is 58.3 Å². The highest BCUT2D eigenvalue weighted by Gasteiger charge is 2.24. The van der Waals surface area contributed by atoms with E-state index in [1.54, 1.807) is 0 Å². The summed E-state index contributed by atoms with van der Waals surface area (Å²) in [4.78, 5) is 17.3. The zero-order valence-corrected chi connectivity index (χ0v) is 17.0. The number of aryl methyl sites for hydroxylation is 2. The molecule has 150 valence electrons. The smallest absolute Gasteiger partial charge is 0.253 e. The van der Waals surface area contributed by atoms with Gasteiger partial charge in [0.2, 0.25) is 0 Å². The van der Waals surface area contributed by atoms with E-state index in [-0.39, 0.29) is 5.91 Å². The van der Waals surface area contributed by atoms with Gasteiger partial charge in [-0.25, -0.2) is 0 Å². The van der Waals surface area contributed by atoms with Crippen LogP contribution in [0.5, 0.6) is 0 Å². The summed E-state index contributed by atoms with van der Waals surface area (Å²) in [7, 11) is 0. The molecule has 0 atom stereocenters. The largest absolute Gasteiger partial charge is 0.376 e. The van der Waals surface area contributed by atoms with Crippen molar-refractivity contribution in [2.45, 2.75) is 46.4 Å². The third kappa shape index (κ3) is 3.98. The van der Waals surface area contributed by atoms with Gasteiger partial charge in [-0.3, -0.25) is 14.4 Å². The minimum atomic E-state index is 0.145. The molecule has 0 aliphatic carbocycles. The minimum Gasteiger partial charge on any atom is -0.376 e. The SMILES string of the molecule is CCn1nc(CN2CCCN(C(=O)c3cccc(C)c3)CC2)c2c1CCOC2. The van der Waals surface area contributed by atoms with Crippen molar-refractivity contribution in [1.82, 2.24) is 19.6 Å². The second-order valence-electron chi connectivity index (χ2n) is 7.78. The molecule has 1 saturated heterocycles. The van der Waals surface area contributed by atoms with Crippen molar-refractivity contribution in [2.24, 2.45) is 0 Å². The number of fused-ring (bicyclic) bond motifs is 1.